The van der Waals surface area contributed by atoms with E-state index in [0.29, 0.717) is 17.9 Å². The fraction of sp³-hybridized carbons (Fsp3) is 0.556. The molecule has 0 bridgehead atoms. The Morgan fingerprint density at radius 1 is 1.14 bits per heavy atom. The van der Waals surface area contributed by atoms with Gasteiger partial charge in [0.25, 0.3) is 0 Å². The van der Waals surface area contributed by atoms with E-state index in [1.165, 1.54) is 25.4 Å². The molecule has 0 N–H and O–H groups in total. The van der Waals surface area contributed by atoms with Crippen molar-refractivity contribution in [3.8, 4) is 0 Å². The van der Waals surface area contributed by atoms with E-state index in [1.54, 1.807) is 0 Å². The van der Waals surface area contributed by atoms with E-state index < -0.39 is 11.9 Å². The summed E-state index contributed by atoms with van der Waals surface area (Å²) in [5.74, 6) is -0.814. The lowest BCUT2D eigenvalue weighted by atomic mass is 9.62. The molecule has 0 aromatic heterocycles. The van der Waals surface area contributed by atoms with Gasteiger partial charge in [-0.1, -0.05) is 31.6 Å². The number of carbonyl (C=O) groups excluding carboxylic acids is 2. The Balaban J connectivity index is 2.60. The molecule has 2 aliphatic rings. The molecule has 0 amide bonds. The van der Waals surface area contributed by atoms with E-state index in [1.807, 2.05) is 6.08 Å². The van der Waals surface area contributed by atoms with Gasteiger partial charge in [0.1, 0.15) is 5.57 Å². The van der Waals surface area contributed by atoms with Crippen LogP contribution in [0, 0.1) is 11.3 Å². The van der Waals surface area contributed by atoms with Gasteiger partial charge < -0.3 is 9.47 Å². The van der Waals surface area contributed by atoms with Crippen molar-refractivity contribution in [3.05, 3.63) is 34.4 Å². The van der Waals surface area contributed by atoms with Crippen molar-refractivity contribution in [2.75, 3.05) is 14.2 Å². The average Bonchev–Trinajstić information content (AvgIpc) is 2.45. The second-order valence-corrected chi connectivity index (χ2v) is 6.78. The number of hydrogen-bond donors (Lipinski definition) is 0. The normalized spacial score (nSPS) is 23.0. The number of hydrogen-bond acceptors (Lipinski definition) is 4. The summed E-state index contributed by atoms with van der Waals surface area (Å²) in [4.78, 5) is 24.0. The number of methoxy groups -OCH3 is 2. The van der Waals surface area contributed by atoms with Crippen molar-refractivity contribution >= 4 is 11.9 Å². The summed E-state index contributed by atoms with van der Waals surface area (Å²) in [6.45, 7) is 6.49. The highest BCUT2D eigenvalue weighted by atomic mass is 16.5. The Morgan fingerprint density at radius 2 is 1.73 bits per heavy atom. The molecule has 2 rings (SSSR count). The van der Waals surface area contributed by atoms with Gasteiger partial charge in [-0.25, -0.2) is 9.59 Å². The van der Waals surface area contributed by atoms with E-state index in [0.717, 1.165) is 12.8 Å². The number of esters is 2. The average molecular weight is 304 g/mol. The van der Waals surface area contributed by atoms with Crippen molar-refractivity contribution in [1.82, 2.24) is 0 Å². The van der Waals surface area contributed by atoms with Crippen LogP contribution in [-0.2, 0) is 19.1 Å². The largest absolute Gasteiger partial charge is 0.465 e. The van der Waals surface area contributed by atoms with Crippen LogP contribution in [0.1, 0.15) is 40.0 Å². The minimum absolute atomic E-state index is 0.0100. The molecule has 0 saturated heterocycles. The Labute approximate surface area is 131 Å². The molecule has 0 saturated carbocycles. The van der Waals surface area contributed by atoms with E-state index >= 15 is 0 Å². The molecule has 1 unspecified atom stereocenters. The number of allylic oxidation sites excluding steroid dienone is 5. The van der Waals surface area contributed by atoms with Crippen molar-refractivity contribution in [2.45, 2.75) is 40.0 Å². The van der Waals surface area contributed by atoms with Crippen molar-refractivity contribution < 1.29 is 19.1 Å². The fourth-order valence-electron chi connectivity index (χ4n) is 3.56. The van der Waals surface area contributed by atoms with Gasteiger partial charge in [0.2, 0.25) is 0 Å². The molecule has 0 aromatic rings. The van der Waals surface area contributed by atoms with E-state index in [4.69, 9.17) is 9.47 Å². The number of carbonyl (C=O) groups is 2. The summed E-state index contributed by atoms with van der Waals surface area (Å²) < 4.78 is 9.54. The monoisotopic (exact) mass is 304 g/mol. The third kappa shape index (κ3) is 3.01. The van der Waals surface area contributed by atoms with Gasteiger partial charge >= 0.3 is 11.9 Å². The molecular formula is C18H24O4. The molecule has 0 fully saturated rings. The lowest BCUT2D eigenvalue weighted by Gasteiger charge is -2.42. The first-order valence-electron chi connectivity index (χ1n) is 7.58. The Morgan fingerprint density at radius 3 is 2.27 bits per heavy atom. The predicted octanol–water partition coefficient (Wildman–Crippen LogP) is 3.34. The zero-order valence-electron chi connectivity index (χ0n) is 14.0. The molecule has 1 atom stereocenters. The van der Waals surface area contributed by atoms with Gasteiger partial charge in [0, 0.05) is 0 Å². The van der Waals surface area contributed by atoms with Crippen LogP contribution in [0.25, 0.3) is 0 Å². The SMILES string of the molecule is COC(=O)C(C(=O)OC)=C1C=C2C=C(C)CCC2C(C)(C)C1. The highest BCUT2D eigenvalue weighted by Crippen LogP contribution is 2.49. The Bertz CT molecular complexity index is 572. The van der Waals surface area contributed by atoms with Crippen LogP contribution in [0.15, 0.2) is 34.4 Å². The van der Waals surface area contributed by atoms with Crippen LogP contribution < -0.4 is 0 Å². The highest BCUT2D eigenvalue weighted by molar-refractivity contribution is 6.15. The Kier molecular flexibility index (Phi) is 4.59. The van der Waals surface area contributed by atoms with Gasteiger partial charge in [0.15, 0.2) is 0 Å². The molecule has 120 valence electrons. The van der Waals surface area contributed by atoms with Crippen LogP contribution in [-0.4, -0.2) is 26.2 Å². The van der Waals surface area contributed by atoms with Crippen molar-refractivity contribution in [1.29, 1.82) is 0 Å². The maximum atomic E-state index is 12.0. The maximum absolute atomic E-state index is 12.0. The molecule has 4 nitrogen and oxygen atoms in total. The van der Waals surface area contributed by atoms with Crippen LogP contribution in [0.4, 0.5) is 0 Å². The summed E-state index contributed by atoms with van der Waals surface area (Å²) in [5, 5.41) is 0. The minimum Gasteiger partial charge on any atom is -0.465 e. The standard InChI is InChI=1S/C18H24O4/c1-11-6-7-14-12(8-11)9-13(10-18(14,2)3)15(16(19)21-4)17(20)22-5/h8-9,14H,6-7,10H2,1-5H3. The van der Waals surface area contributed by atoms with Crippen molar-refractivity contribution in [3.63, 3.8) is 0 Å². The molecule has 2 aliphatic carbocycles. The lowest BCUT2D eigenvalue weighted by molar-refractivity contribution is -0.144. The highest BCUT2D eigenvalue weighted by Gasteiger charge is 2.39. The zero-order valence-corrected chi connectivity index (χ0v) is 14.0. The maximum Gasteiger partial charge on any atom is 0.345 e. The quantitative estimate of drug-likeness (QED) is 0.340. The second kappa shape index (κ2) is 6.11. The predicted molar refractivity (Wildman–Crippen MR) is 84.0 cm³/mol. The van der Waals surface area contributed by atoms with E-state index in [2.05, 4.69) is 26.8 Å². The molecule has 0 aromatic carbocycles. The number of ether oxygens (including phenoxy) is 2. The molecule has 0 aliphatic heterocycles. The van der Waals surface area contributed by atoms with Gasteiger partial charge in [0.05, 0.1) is 14.2 Å². The number of rotatable bonds is 2. The van der Waals surface area contributed by atoms with Gasteiger partial charge in [-0.2, -0.15) is 0 Å². The van der Waals surface area contributed by atoms with Crippen LogP contribution in [0.5, 0.6) is 0 Å². The number of fused-ring (bicyclic) bond motifs is 1. The molecule has 0 spiro atoms. The smallest absolute Gasteiger partial charge is 0.345 e. The second-order valence-electron chi connectivity index (χ2n) is 6.78. The Hall–Kier alpha value is -1.84. The first kappa shape index (κ1) is 16.5. The lowest BCUT2D eigenvalue weighted by Crippen LogP contribution is -2.32. The molecule has 0 radical (unpaired) electrons. The van der Waals surface area contributed by atoms with Crippen LogP contribution in [0.3, 0.4) is 0 Å². The third-order valence-electron chi connectivity index (χ3n) is 4.67. The molecule has 0 heterocycles. The van der Waals surface area contributed by atoms with Gasteiger partial charge in [-0.15, -0.1) is 0 Å². The third-order valence-corrected chi connectivity index (χ3v) is 4.67. The summed E-state index contributed by atoms with van der Waals surface area (Å²) in [6, 6.07) is 0. The molecule has 4 heteroatoms. The van der Waals surface area contributed by atoms with Gasteiger partial charge in [-0.05, 0) is 48.7 Å². The summed E-state index contributed by atoms with van der Waals surface area (Å²) in [5.41, 5.74) is 3.24. The van der Waals surface area contributed by atoms with Crippen LogP contribution in [0.2, 0.25) is 0 Å². The molecule has 22 heavy (non-hydrogen) atoms. The van der Waals surface area contributed by atoms with E-state index in [9.17, 15) is 9.59 Å². The molecular weight excluding hydrogens is 280 g/mol. The van der Waals surface area contributed by atoms with E-state index in [-0.39, 0.29) is 11.0 Å². The van der Waals surface area contributed by atoms with Crippen molar-refractivity contribution in [2.24, 2.45) is 11.3 Å². The fourth-order valence-corrected chi connectivity index (χ4v) is 3.56. The zero-order chi connectivity index (χ0) is 16.5. The first-order chi connectivity index (χ1) is 10.3. The van der Waals surface area contributed by atoms with Gasteiger partial charge in [-0.3, -0.25) is 0 Å². The van der Waals surface area contributed by atoms with Crippen LogP contribution >= 0.6 is 0 Å². The summed E-state index contributed by atoms with van der Waals surface area (Å²) in [7, 11) is 2.56. The summed E-state index contributed by atoms with van der Waals surface area (Å²) >= 11 is 0. The minimum atomic E-state index is -0.635. The summed E-state index contributed by atoms with van der Waals surface area (Å²) in [6.07, 6.45) is 7.03. The first-order valence-corrected chi connectivity index (χ1v) is 7.58. The topological polar surface area (TPSA) is 52.6 Å².